The molecule has 0 spiro atoms. The number of aryl methyl sites for hydroxylation is 1. The summed E-state index contributed by atoms with van der Waals surface area (Å²) in [5.41, 5.74) is 1.50. The molecule has 0 unspecified atom stereocenters. The van der Waals surface area contributed by atoms with Crippen LogP contribution in [0, 0.1) is 6.92 Å². The smallest absolute Gasteiger partial charge is 0.257 e. The molecule has 0 bridgehead atoms. The molecule has 150 valence electrons. The lowest BCUT2D eigenvalue weighted by molar-refractivity contribution is 0.102. The van der Waals surface area contributed by atoms with Gasteiger partial charge in [-0.1, -0.05) is 35.9 Å². The van der Waals surface area contributed by atoms with E-state index in [4.69, 9.17) is 16.3 Å². The zero-order chi connectivity index (χ0) is 21.0. The minimum Gasteiger partial charge on any atom is -0.455 e. The molecule has 0 atom stereocenters. The van der Waals surface area contributed by atoms with E-state index in [1.165, 1.54) is 25.2 Å². The number of halogens is 1. The largest absolute Gasteiger partial charge is 0.455 e. The summed E-state index contributed by atoms with van der Waals surface area (Å²) >= 11 is 6.13. The Kier molecular flexibility index (Phi) is 6.22. The number of benzene rings is 3. The average molecular weight is 431 g/mol. The van der Waals surface area contributed by atoms with Crippen molar-refractivity contribution in [2.45, 2.75) is 11.8 Å². The van der Waals surface area contributed by atoms with Crippen LogP contribution in [0.15, 0.2) is 71.6 Å². The molecule has 8 heteroatoms. The SMILES string of the molecule is CNS(=O)(=O)c1ccc(Cl)c(C(=O)Nc2ccccc2Oc2cccc(C)c2)c1. The molecule has 3 rings (SSSR count). The molecule has 3 aromatic carbocycles. The first-order valence-electron chi connectivity index (χ1n) is 8.68. The van der Waals surface area contributed by atoms with E-state index in [-0.39, 0.29) is 15.5 Å². The Labute approximate surface area is 174 Å². The van der Waals surface area contributed by atoms with Crippen LogP contribution in [0.1, 0.15) is 15.9 Å². The van der Waals surface area contributed by atoms with Gasteiger partial charge in [0, 0.05) is 0 Å². The van der Waals surface area contributed by atoms with E-state index in [1.54, 1.807) is 24.3 Å². The number of carbonyl (C=O) groups excluding carboxylic acids is 1. The minimum atomic E-state index is -3.71. The van der Waals surface area contributed by atoms with Gasteiger partial charge in [0.15, 0.2) is 5.75 Å². The van der Waals surface area contributed by atoms with E-state index in [0.717, 1.165) is 5.56 Å². The van der Waals surface area contributed by atoms with E-state index in [2.05, 4.69) is 10.0 Å². The number of ether oxygens (including phenoxy) is 1. The van der Waals surface area contributed by atoms with E-state index in [0.29, 0.717) is 17.2 Å². The molecular weight excluding hydrogens is 412 g/mol. The van der Waals surface area contributed by atoms with Gasteiger partial charge in [0.1, 0.15) is 5.75 Å². The number of nitrogens with one attached hydrogen (secondary N) is 2. The Morgan fingerprint density at radius 1 is 1.00 bits per heavy atom. The van der Waals surface area contributed by atoms with Crippen LogP contribution in [0.25, 0.3) is 0 Å². The molecule has 0 saturated carbocycles. The highest BCUT2D eigenvalue weighted by Gasteiger charge is 2.18. The van der Waals surface area contributed by atoms with Crippen LogP contribution in [0.4, 0.5) is 5.69 Å². The molecule has 29 heavy (non-hydrogen) atoms. The number of hydrogen-bond acceptors (Lipinski definition) is 4. The summed E-state index contributed by atoms with van der Waals surface area (Å²) in [5, 5.41) is 2.87. The monoisotopic (exact) mass is 430 g/mol. The highest BCUT2D eigenvalue weighted by molar-refractivity contribution is 7.89. The lowest BCUT2D eigenvalue weighted by Crippen LogP contribution is -2.20. The molecule has 0 aromatic heterocycles. The normalized spacial score (nSPS) is 11.1. The first-order chi connectivity index (χ1) is 13.8. The second-order valence-electron chi connectivity index (χ2n) is 6.22. The summed E-state index contributed by atoms with van der Waals surface area (Å²) in [5.74, 6) is 0.525. The fraction of sp³-hybridized carbons (Fsp3) is 0.0952. The van der Waals surface area contributed by atoms with E-state index in [9.17, 15) is 13.2 Å². The van der Waals surface area contributed by atoms with Gasteiger partial charge in [-0.15, -0.1) is 0 Å². The molecular formula is C21H19ClN2O4S. The van der Waals surface area contributed by atoms with Crippen molar-refractivity contribution in [1.29, 1.82) is 0 Å². The molecule has 0 saturated heterocycles. The van der Waals surface area contributed by atoms with Crippen LogP contribution in [0.5, 0.6) is 11.5 Å². The van der Waals surface area contributed by atoms with Gasteiger partial charge >= 0.3 is 0 Å². The highest BCUT2D eigenvalue weighted by atomic mass is 35.5. The maximum atomic E-state index is 12.8. The van der Waals surface area contributed by atoms with Gasteiger partial charge < -0.3 is 10.1 Å². The van der Waals surface area contributed by atoms with Crippen molar-refractivity contribution in [3.8, 4) is 11.5 Å². The fourth-order valence-electron chi connectivity index (χ4n) is 2.62. The Hall–Kier alpha value is -2.87. The summed E-state index contributed by atoms with van der Waals surface area (Å²) in [6.07, 6.45) is 0. The van der Waals surface area contributed by atoms with Crippen molar-refractivity contribution in [2.75, 3.05) is 12.4 Å². The number of rotatable bonds is 6. The van der Waals surface area contributed by atoms with Crippen molar-refractivity contribution >= 4 is 33.2 Å². The van der Waals surface area contributed by atoms with Crippen molar-refractivity contribution < 1.29 is 17.9 Å². The van der Waals surface area contributed by atoms with Gasteiger partial charge in [-0.05, 0) is 62.0 Å². The Bertz CT molecular complexity index is 1160. The molecule has 0 aliphatic heterocycles. The van der Waals surface area contributed by atoms with Gasteiger partial charge in [0.2, 0.25) is 10.0 Å². The summed E-state index contributed by atoms with van der Waals surface area (Å²) in [7, 11) is -2.42. The van der Waals surface area contributed by atoms with Gasteiger partial charge in [-0.3, -0.25) is 4.79 Å². The number of anilines is 1. The van der Waals surface area contributed by atoms with Gasteiger partial charge in [-0.2, -0.15) is 0 Å². The summed E-state index contributed by atoms with van der Waals surface area (Å²) in [6.45, 7) is 1.95. The third-order valence-electron chi connectivity index (χ3n) is 4.11. The Morgan fingerprint density at radius 3 is 2.48 bits per heavy atom. The molecule has 3 aromatic rings. The summed E-state index contributed by atoms with van der Waals surface area (Å²) < 4.78 is 32.2. The first kappa shape index (κ1) is 20.9. The molecule has 0 fully saturated rings. The van der Waals surface area contributed by atoms with Crippen LogP contribution in [-0.2, 0) is 10.0 Å². The van der Waals surface area contributed by atoms with Crippen LogP contribution in [-0.4, -0.2) is 21.4 Å². The van der Waals surface area contributed by atoms with E-state index < -0.39 is 15.9 Å². The van der Waals surface area contributed by atoms with Gasteiger partial charge in [-0.25, -0.2) is 13.1 Å². The summed E-state index contributed by atoms with van der Waals surface area (Å²) in [4.78, 5) is 12.7. The van der Waals surface area contributed by atoms with E-state index >= 15 is 0 Å². The number of carbonyl (C=O) groups is 1. The van der Waals surface area contributed by atoms with Gasteiger partial charge in [0.05, 0.1) is 21.2 Å². The quantitative estimate of drug-likeness (QED) is 0.598. The Morgan fingerprint density at radius 2 is 1.76 bits per heavy atom. The lowest BCUT2D eigenvalue weighted by Gasteiger charge is -2.13. The molecule has 2 N–H and O–H groups in total. The Balaban J connectivity index is 1.89. The fourth-order valence-corrected chi connectivity index (χ4v) is 3.58. The zero-order valence-corrected chi connectivity index (χ0v) is 17.3. The van der Waals surface area contributed by atoms with Crippen molar-refractivity contribution in [1.82, 2.24) is 4.72 Å². The maximum absolute atomic E-state index is 12.8. The number of sulfonamides is 1. The van der Waals surface area contributed by atoms with Crippen molar-refractivity contribution in [2.24, 2.45) is 0 Å². The van der Waals surface area contributed by atoms with Crippen LogP contribution >= 0.6 is 11.6 Å². The first-order valence-corrected chi connectivity index (χ1v) is 10.5. The molecule has 0 radical (unpaired) electrons. The van der Waals surface area contributed by atoms with Crippen molar-refractivity contribution in [3.05, 3.63) is 82.9 Å². The molecule has 6 nitrogen and oxygen atoms in total. The topological polar surface area (TPSA) is 84.5 Å². The number of amides is 1. The summed E-state index contributed by atoms with van der Waals surface area (Å²) in [6, 6.07) is 18.4. The lowest BCUT2D eigenvalue weighted by atomic mass is 10.2. The number of hydrogen-bond donors (Lipinski definition) is 2. The average Bonchev–Trinajstić information content (AvgIpc) is 2.69. The molecule has 0 aliphatic rings. The maximum Gasteiger partial charge on any atom is 0.257 e. The molecule has 1 amide bonds. The van der Waals surface area contributed by atoms with Crippen molar-refractivity contribution in [3.63, 3.8) is 0 Å². The second-order valence-corrected chi connectivity index (χ2v) is 8.51. The van der Waals surface area contributed by atoms with Crippen LogP contribution in [0.3, 0.4) is 0 Å². The van der Waals surface area contributed by atoms with Crippen LogP contribution in [0.2, 0.25) is 5.02 Å². The zero-order valence-electron chi connectivity index (χ0n) is 15.8. The molecule has 0 heterocycles. The number of para-hydroxylation sites is 2. The predicted octanol–water partition coefficient (Wildman–Crippen LogP) is 4.60. The predicted molar refractivity (Wildman–Crippen MR) is 113 cm³/mol. The molecule has 0 aliphatic carbocycles. The highest BCUT2D eigenvalue weighted by Crippen LogP contribution is 2.31. The van der Waals surface area contributed by atoms with E-state index in [1.807, 2.05) is 31.2 Å². The van der Waals surface area contributed by atoms with Gasteiger partial charge in [0.25, 0.3) is 5.91 Å². The van der Waals surface area contributed by atoms with Crippen LogP contribution < -0.4 is 14.8 Å². The third kappa shape index (κ3) is 4.95. The minimum absolute atomic E-state index is 0.0355. The second kappa shape index (κ2) is 8.65. The standard InChI is InChI=1S/C21H19ClN2O4S/c1-14-6-5-7-15(12-14)28-20-9-4-3-8-19(20)24-21(25)17-13-16(10-11-18(17)22)29(26,27)23-2/h3-13,23H,1-2H3,(H,24,25). The third-order valence-corrected chi connectivity index (χ3v) is 5.86.